The summed E-state index contributed by atoms with van der Waals surface area (Å²) in [5.41, 5.74) is 2.56. The number of pyridine rings is 1. The van der Waals surface area contributed by atoms with E-state index in [1.54, 1.807) is 25.3 Å². The molecule has 0 aliphatic carbocycles. The fraction of sp³-hybridized carbons (Fsp3) is 0.267. The van der Waals surface area contributed by atoms with Gasteiger partial charge in [-0.1, -0.05) is 12.1 Å². The Balaban J connectivity index is 2.06. The van der Waals surface area contributed by atoms with E-state index in [1.165, 1.54) is 0 Å². The lowest BCUT2D eigenvalue weighted by atomic mass is 10.1. The second-order valence-electron chi connectivity index (χ2n) is 5.03. The van der Waals surface area contributed by atoms with Gasteiger partial charge in [-0.3, -0.25) is 10.1 Å². The Hall–Kier alpha value is -2.63. The summed E-state index contributed by atoms with van der Waals surface area (Å²) in [6, 6.07) is 9.11. The highest BCUT2D eigenvalue weighted by Gasteiger charge is 2.10. The summed E-state index contributed by atoms with van der Waals surface area (Å²) >= 11 is 0. The molecule has 21 heavy (non-hydrogen) atoms. The quantitative estimate of drug-likeness (QED) is 0.676. The van der Waals surface area contributed by atoms with Crippen molar-refractivity contribution in [3.63, 3.8) is 0 Å². The molecule has 1 aromatic carbocycles. The maximum absolute atomic E-state index is 10.9. The molecule has 6 heteroatoms. The van der Waals surface area contributed by atoms with Gasteiger partial charge < -0.3 is 10.2 Å². The first-order valence-electron chi connectivity index (χ1n) is 6.58. The van der Waals surface area contributed by atoms with E-state index >= 15 is 0 Å². The molecule has 1 N–H and O–H groups in total. The number of nitrogens with zero attached hydrogens (tertiary/aromatic N) is 3. The van der Waals surface area contributed by atoms with Gasteiger partial charge in [0.1, 0.15) is 5.82 Å². The lowest BCUT2D eigenvalue weighted by molar-refractivity contribution is -0.385. The second kappa shape index (κ2) is 6.21. The first-order chi connectivity index (χ1) is 9.97. The minimum absolute atomic E-state index is 0.149. The van der Waals surface area contributed by atoms with Crippen molar-refractivity contribution in [1.29, 1.82) is 0 Å². The molecule has 0 atom stereocenters. The molecule has 2 rings (SSSR count). The van der Waals surface area contributed by atoms with Crippen molar-refractivity contribution in [1.82, 2.24) is 4.98 Å². The zero-order valence-corrected chi connectivity index (χ0v) is 12.3. The predicted octanol–water partition coefficient (Wildman–Crippen LogP) is 2.98. The third kappa shape index (κ3) is 3.68. The summed E-state index contributed by atoms with van der Waals surface area (Å²) in [6.07, 6.45) is 1.75. The number of benzene rings is 1. The monoisotopic (exact) mass is 286 g/mol. The van der Waals surface area contributed by atoms with Crippen molar-refractivity contribution in [2.75, 3.05) is 24.3 Å². The summed E-state index contributed by atoms with van der Waals surface area (Å²) < 4.78 is 0. The van der Waals surface area contributed by atoms with Gasteiger partial charge in [0, 0.05) is 32.3 Å². The fourth-order valence-corrected chi connectivity index (χ4v) is 1.92. The van der Waals surface area contributed by atoms with Gasteiger partial charge in [0.05, 0.1) is 16.8 Å². The summed E-state index contributed by atoms with van der Waals surface area (Å²) in [5.74, 6) is 0.881. The van der Waals surface area contributed by atoms with Crippen LogP contribution in [-0.4, -0.2) is 24.0 Å². The highest BCUT2D eigenvalue weighted by atomic mass is 16.6. The average Bonchev–Trinajstić information content (AvgIpc) is 2.46. The Morgan fingerprint density at radius 2 is 2.05 bits per heavy atom. The van der Waals surface area contributed by atoms with Gasteiger partial charge in [-0.15, -0.1) is 0 Å². The summed E-state index contributed by atoms with van der Waals surface area (Å²) in [5, 5.41) is 14.1. The molecule has 0 unspecified atom stereocenters. The normalized spacial score (nSPS) is 10.2. The number of aryl methyl sites for hydroxylation is 1. The molecule has 0 radical (unpaired) electrons. The standard InChI is InChI=1S/C15H18N4O2/c1-11-4-5-12(8-14(11)19(20)21)9-16-13-6-7-15(17-10-13)18(2)3/h4-8,10,16H,9H2,1-3H3. The SMILES string of the molecule is Cc1ccc(CNc2ccc(N(C)C)nc2)cc1[N+](=O)[O-]. The van der Waals surface area contributed by atoms with E-state index in [0.29, 0.717) is 12.1 Å². The van der Waals surface area contributed by atoms with E-state index in [-0.39, 0.29) is 10.6 Å². The van der Waals surface area contributed by atoms with Crippen LogP contribution in [0.3, 0.4) is 0 Å². The van der Waals surface area contributed by atoms with Crippen LogP contribution in [0, 0.1) is 17.0 Å². The van der Waals surface area contributed by atoms with Crippen LogP contribution in [0.5, 0.6) is 0 Å². The largest absolute Gasteiger partial charge is 0.380 e. The lowest BCUT2D eigenvalue weighted by Gasteiger charge is -2.12. The van der Waals surface area contributed by atoms with Gasteiger partial charge >= 0.3 is 0 Å². The summed E-state index contributed by atoms with van der Waals surface area (Å²) in [4.78, 5) is 16.8. The van der Waals surface area contributed by atoms with Gasteiger partial charge in [-0.05, 0) is 24.6 Å². The van der Waals surface area contributed by atoms with Crippen molar-refractivity contribution in [2.45, 2.75) is 13.5 Å². The molecule has 0 bridgehead atoms. The lowest BCUT2D eigenvalue weighted by Crippen LogP contribution is -2.10. The van der Waals surface area contributed by atoms with E-state index in [1.807, 2.05) is 37.2 Å². The predicted molar refractivity (Wildman–Crippen MR) is 83.7 cm³/mol. The molecule has 2 aromatic rings. The summed E-state index contributed by atoms with van der Waals surface area (Å²) in [7, 11) is 3.86. The molecule has 1 aromatic heterocycles. The molecule has 1 heterocycles. The first-order valence-corrected chi connectivity index (χ1v) is 6.58. The number of anilines is 2. The zero-order valence-electron chi connectivity index (χ0n) is 12.3. The molecule has 0 aliphatic rings. The van der Waals surface area contributed by atoms with Crippen molar-refractivity contribution in [3.8, 4) is 0 Å². The second-order valence-corrected chi connectivity index (χ2v) is 5.03. The van der Waals surface area contributed by atoms with Gasteiger partial charge in [0.15, 0.2) is 0 Å². The van der Waals surface area contributed by atoms with E-state index < -0.39 is 0 Å². The third-order valence-corrected chi connectivity index (χ3v) is 3.17. The van der Waals surface area contributed by atoms with Crippen LogP contribution in [0.4, 0.5) is 17.2 Å². The molecular weight excluding hydrogens is 268 g/mol. The Morgan fingerprint density at radius 3 is 2.62 bits per heavy atom. The first kappa shape index (κ1) is 14.8. The summed E-state index contributed by atoms with van der Waals surface area (Å²) in [6.45, 7) is 2.25. The zero-order chi connectivity index (χ0) is 15.4. The number of hydrogen-bond acceptors (Lipinski definition) is 5. The van der Waals surface area contributed by atoms with E-state index in [4.69, 9.17) is 0 Å². The Kier molecular flexibility index (Phi) is 4.37. The molecule has 0 spiro atoms. The molecular formula is C15H18N4O2. The fourth-order valence-electron chi connectivity index (χ4n) is 1.92. The molecule has 0 saturated carbocycles. The molecule has 6 nitrogen and oxygen atoms in total. The van der Waals surface area contributed by atoms with E-state index in [9.17, 15) is 10.1 Å². The third-order valence-electron chi connectivity index (χ3n) is 3.17. The molecule has 0 amide bonds. The molecule has 0 saturated heterocycles. The Morgan fingerprint density at radius 1 is 1.29 bits per heavy atom. The van der Waals surface area contributed by atoms with E-state index in [2.05, 4.69) is 10.3 Å². The number of hydrogen-bond donors (Lipinski definition) is 1. The molecule has 0 aliphatic heterocycles. The Bertz CT molecular complexity index is 639. The van der Waals surface area contributed by atoms with Crippen LogP contribution in [0.1, 0.15) is 11.1 Å². The molecule has 0 fully saturated rings. The van der Waals surface area contributed by atoms with Crippen LogP contribution in [0.2, 0.25) is 0 Å². The Labute approximate surface area is 123 Å². The van der Waals surface area contributed by atoms with Crippen LogP contribution in [0.15, 0.2) is 36.5 Å². The maximum Gasteiger partial charge on any atom is 0.272 e. The average molecular weight is 286 g/mol. The van der Waals surface area contributed by atoms with Crippen LogP contribution in [-0.2, 0) is 6.54 Å². The smallest absolute Gasteiger partial charge is 0.272 e. The van der Waals surface area contributed by atoms with Crippen LogP contribution in [0.25, 0.3) is 0 Å². The van der Waals surface area contributed by atoms with Gasteiger partial charge in [0.25, 0.3) is 5.69 Å². The van der Waals surface area contributed by atoms with E-state index in [0.717, 1.165) is 17.1 Å². The number of nitro benzene ring substituents is 1. The highest BCUT2D eigenvalue weighted by molar-refractivity contribution is 5.49. The van der Waals surface area contributed by atoms with Crippen molar-refractivity contribution in [2.24, 2.45) is 0 Å². The maximum atomic E-state index is 10.9. The number of rotatable bonds is 5. The van der Waals surface area contributed by atoms with Gasteiger partial charge in [-0.25, -0.2) is 4.98 Å². The minimum atomic E-state index is -0.355. The van der Waals surface area contributed by atoms with Crippen molar-refractivity contribution >= 4 is 17.2 Å². The minimum Gasteiger partial charge on any atom is -0.380 e. The number of nitrogens with one attached hydrogen (secondary N) is 1. The van der Waals surface area contributed by atoms with Crippen molar-refractivity contribution < 1.29 is 4.92 Å². The van der Waals surface area contributed by atoms with Crippen LogP contribution < -0.4 is 10.2 Å². The number of aromatic nitrogens is 1. The molecule has 110 valence electrons. The number of nitro groups is 1. The highest BCUT2D eigenvalue weighted by Crippen LogP contribution is 2.20. The van der Waals surface area contributed by atoms with Crippen molar-refractivity contribution in [3.05, 3.63) is 57.8 Å². The van der Waals surface area contributed by atoms with Gasteiger partial charge in [-0.2, -0.15) is 0 Å². The van der Waals surface area contributed by atoms with Crippen LogP contribution >= 0.6 is 0 Å². The topological polar surface area (TPSA) is 71.3 Å². The van der Waals surface area contributed by atoms with Gasteiger partial charge in [0.2, 0.25) is 0 Å².